The van der Waals surface area contributed by atoms with Crippen LogP contribution in [0, 0.1) is 0 Å². The Morgan fingerprint density at radius 3 is 2.53 bits per heavy atom. The summed E-state index contributed by atoms with van der Waals surface area (Å²) < 4.78 is 10.4. The minimum atomic E-state index is -0.869. The van der Waals surface area contributed by atoms with E-state index in [0.29, 0.717) is 17.9 Å². The van der Waals surface area contributed by atoms with Gasteiger partial charge in [0.1, 0.15) is 11.5 Å². The van der Waals surface area contributed by atoms with Crippen LogP contribution in [0.2, 0.25) is 0 Å². The Kier molecular flexibility index (Phi) is 5.63. The average Bonchev–Trinajstić information content (AvgIpc) is 2.43. The van der Waals surface area contributed by atoms with Gasteiger partial charge in [0.25, 0.3) is 0 Å². The predicted octanol–water partition coefficient (Wildman–Crippen LogP) is 2.00. The van der Waals surface area contributed by atoms with Gasteiger partial charge in [0.2, 0.25) is 0 Å². The highest BCUT2D eigenvalue weighted by molar-refractivity contribution is 5.68. The van der Waals surface area contributed by atoms with Gasteiger partial charge in [-0.15, -0.1) is 0 Å². The number of hydrogen-bond donors (Lipinski definition) is 2. The maximum atomic E-state index is 11.0. The van der Waals surface area contributed by atoms with E-state index in [4.69, 9.17) is 20.3 Å². The van der Waals surface area contributed by atoms with E-state index in [-0.39, 0.29) is 18.4 Å². The predicted molar refractivity (Wildman–Crippen MR) is 72.8 cm³/mol. The highest BCUT2D eigenvalue weighted by Crippen LogP contribution is 2.34. The van der Waals surface area contributed by atoms with Crippen molar-refractivity contribution in [1.82, 2.24) is 0 Å². The van der Waals surface area contributed by atoms with Crippen LogP contribution in [0.25, 0.3) is 0 Å². The van der Waals surface area contributed by atoms with Crippen molar-refractivity contribution in [1.29, 1.82) is 0 Å². The van der Waals surface area contributed by atoms with Gasteiger partial charge in [-0.1, -0.05) is 13.0 Å². The fourth-order valence-electron chi connectivity index (χ4n) is 2.09. The lowest BCUT2D eigenvalue weighted by molar-refractivity contribution is -0.137. The van der Waals surface area contributed by atoms with E-state index in [1.165, 1.54) is 0 Å². The molecule has 0 aliphatic heterocycles. The molecule has 0 saturated heterocycles. The molecule has 5 heteroatoms. The molecule has 1 aromatic carbocycles. The molecule has 5 nitrogen and oxygen atoms in total. The van der Waals surface area contributed by atoms with Crippen molar-refractivity contribution >= 4 is 5.97 Å². The third-order valence-corrected chi connectivity index (χ3v) is 3.22. The molecule has 0 heterocycles. The summed E-state index contributed by atoms with van der Waals surface area (Å²) in [5.74, 6) is 0.129. The second-order valence-corrected chi connectivity index (χ2v) is 4.38. The van der Waals surface area contributed by atoms with Crippen molar-refractivity contribution in [2.45, 2.75) is 31.7 Å². The molecule has 2 unspecified atom stereocenters. The number of carboxylic acid groups (broad SMARTS) is 1. The smallest absolute Gasteiger partial charge is 0.304 e. The average molecular weight is 267 g/mol. The first-order valence-corrected chi connectivity index (χ1v) is 6.22. The van der Waals surface area contributed by atoms with Crippen molar-refractivity contribution < 1.29 is 19.4 Å². The summed E-state index contributed by atoms with van der Waals surface area (Å²) in [6, 6.07) is 5.13. The van der Waals surface area contributed by atoms with Crippen molar-refractivity contribution in [3.05, 3.63) is 23.8 Å². The number of benzene rings is 1. The van der Waals surface area contributed by atoms with E-state index in [1.807, 2.05) is 13.0 Å². The van der Waals surface area contributed by atoms with Gasteiger partial charge in [-0.2, -0.15) is 0 Å². The van der Waals surface area contributed by atoms with Gasteiger partial charge in [0, 0.05) is 18.0 Å². The van der Waals surface area contributed by atoms with E-state index < -0.39 is 5.97 Å². The molecule has 0 fully saturated rings. The van der Waals surface area contributed by atoms with Crippen LogP contribution in [-0.4, -0.2) is 31.3 Å². The molecular formula is C14H21NO4. The third-order valence-electron chi connectivity index (χ3n) is 3.22. The lowest BCUT2D eigenvalue weighted by Gasteiger charge is -2.24. The monoisotopic (exact) mass is 267 g/mol. The van der Waals surface area contributed by atoms with Crippen molar-refractivity contribution in [3.8, 4) is 11.5 Å². The molecule has 0 bridgehead atoms. The molecular weight excluding hydrogens is 246 g/mol. The highest BCUT2D eigenvalue weighted by atomic mass is 16.5. The van der Waals surface area contributed by atoms with Crippen molar-refractivity contribution in [2.75, 3.05) is 14.2 Å². The number of ether oxygens (including phenoxy) is 2. The Balaban J connectivity index is 3.16. The number of hydrogen-bond acceptors (Lipinski definition) is 4. The van der Waals surface area contributed by atoms with Crippen LogP contribution in [-0.2, 0) is 4.79 Å². The first kappa shape index (κ1) is 15.3. The third kappa shape index (κ3) is 3.86. The van der Waals surface area contributed by atoms with Crippen LogP contribution in [0.1, 0.15) is 31.2 Å². The van der Waals surface area contributed by atoms with Crippen LogP contribution in [0.3, 0.4) is 0 Å². The molecule has 0 amide bonds. The zero-order valence-electron chi connectivity index (χ0n) is 11.6. The fraction of sp³-hybridized carbons (Fsp3) is 0.500. The molecule has 0 aliphatic carbocycles. The van der Waals surface area contributed by atoms with Crippen molar-refractivity contribution in [3.63, 3.8) is 0 Å². The number of aliphatic carboxylic acids is 1. The highest BCUT2D eigenvalue weighted by Gasteiger charge is 2.25. The van der Waals surface area contributed by atoms with Gasteiger partial charge in [-0.3, -0.25) is 4.79 Å². The fourth-order valence-corrected chi connectivity index (χ4v) is 2.09. The molecule has 19 heavy (non-hydrogen) atoms. The van der Waals surface area contributed by atoms with Gasteiger partial charge in [-0.05, 0) is 18.1 Å². The second kappa shape index (κ2) is 6.99. The summed E-state index contributed by atoms with van der Waals surface area (Å²) in [5, 5.41) is 9.03. The maximum Gasteiger partial charge on any atom is 0.304 e. The van der Waals surface area contributed by atoms with Crippen LogP contribution in [0.4, 0.5) is 0 Å². The molecule has 1 rings (SSSR count). The molecule has 0 aliphatic rings. The minimum Gasteiger partial charge on any atom is -0.497 e. The number of rotatable bonds is 7. The standard InChI is InChI=1S/C14H21NO4/c1-4-12(15)11(8-14(16)17)10-6-5-9(18-2)7-13(10)19-3/h5-7,11-12H,4,8,15H2,1-3H3,(H,16,17). The molecule has 3 N–H and O–H groups in total. The lowest BCUT2D eigenvalue weighted by atomic mass is 9.87. The largest absolute Gasteiger partial charge is 0.497 e. The summed E-state index contributed by atoms with van der Waals surface area (Å²) in [7, 11) is 3.12. The number of carbonyl (C=O) groups is 1. The Morgan fingerprint density at radius 1 is 1.37 bits per heavy atom. The molecule has 0 aromatic heterocycles. The first-order chi connectivity index (χ1) is 9.03. The maximum absolute atomic E-state index is 11.0. The second-order valence-electron chi connectivity index (χ2n) is 4.38. The molecule has 106 valence electrons. The van der Waals surface area contributed by atoms with Gasteiger partial charge >= 0.3 is 5.97 Å². The summed E-state index contributed by atoms with van der Waals surface area (Å²) >= 11 is 0. The summed E-state index contributed by atoms with van der Waals surface area (Å²) in [5.41, 5.74) is 6.85. The summed E-state index contributed by atoms with van der Waals surface area (Å²) in [4.78, 5) is 11.0. The van der Waals surface area contributed by atoms with E-state index in [0.717, 1.165) is 5.56 Å². The normalized spacial score (nSPS) is 13.7. The van der Waals surface area contributed by atoms with Crippen LogP contribution < -0.4 is 15.2 Å². The number of carboxylic acids is 1. The van der Waals surface area contributed by atoms with Gasteiger partial charge in [0.05, 0.1) is 20.6 Å². The topological polar surface area (TPSA) is 81.8 Å². The van der Waals surface area contributed by atoms with E-state index >= 15 is 0 Å². The van der Waals surface area contributed by atoms with E-state index in [2.05, 4.69) is 0 Å². The molecule has 0 spiro atoms. The SMILES string of the molecule is CCC(N)C(CC(=O)O)c1ccc(OC)cc1OC. The first-order valence-electron chi connectivity index (χ1n) is 6.22. The van der Waals surface area contributed by atoms with Crippen LogP contribution >= 0.6 is 0 Å². The van der Waals surface area contributed by atoms with Crippen LogP contribution in [0.15, 0.2) is 18.2 Å². The zero-order chi connectivity index (χ0) is 14.4. The molecule has 2 atom stereocenters. The van der Waals surface area contributed by atoms with Crippen LogP contribution in [0.5, 0.6) is 11.5 Å². The molecule has 1 aromatic rings. The van der Waals surface area contributed by atoms with Gasteiger partial charge < -0.3 is 20.3 Å². The Bertz CT molecular complexity index is 433. The van der Waals surface area contributed by atoms with E-state index in [9.17, 15) is 4.79 Å². The lowest BCUT2D eigenvalue weighted by Crippen LogP contribution is -2.29. The summed E-state index contributed by atoms with van der Waals surface area (Å²) in [6.07, 6.45) is 0.685. The van der Waals surface area contributed by atoms with Gasteiger partial charge in [0.15, 0.2) is 0 Å². The zero-order valence-corrected chi connectivity index (χ0v) is 11.6. The van der Waals surface area contributed by atoms with Gasteiger partial charge in [-0.25, -0.2) is 0 Å². The summed E-state index contributed by atoms with van der Waals surface area (Å²) in [6.45, 7) is 1.94. The van der Waals surface area contributed by atoms with E-state index in [1.54, 1.807) is 26.4 Å². The minimum absolute atomic E-state index is 0.0162. The molecule has 0 radical (unpaired) electrons. The quantitative estimate of drug-likeness (QED) is 0.789. The Labute approximate surface area is 113 Å². The van der Waals surface area contributed by atoms with Crippen molar-refractivity contribution in [2.24, 2.45) is 5.73 Å². The Morgan fingerprint density at radius 2 is 2.05 bits per heavy atom. The Hall–Kier alpha value is -1.75. The molecule has 0 saturated carbocycles. The number of nitrogens with two attached hydrogens (primary N) is 1. The number of methoxy groups -OCH3 is 2.